The van der Waals surface area contributed by atoms with Gasteiger partial charge < -0.3 is 11.1 Å². The molecule has 0 aromatic heterocycles. The van der Waals surface area contributed by atoms with Crippen molar-refractivity contribution in [3.8, 4) is 0 Å². The Balaban J connectivity index is 1.85. The number of amides is 1. The van der Waals surface area contributed by atoms with Crippen LogP contribution >= 0.6 is 0 Å². The quantitative estimate of drug-likeness (QED) is 0.792. The van der Waals surface area contributed by atoms with E-state index in [1.165, 1.54) is 19.3 Å². The minimum absolute atomic E-state index is 0.0854. The molecule has 3 N–H and O–H groups in total. The zero-order valence-corrected chi connectivity index (χ0v) is 11.2. The van der Waals surface area contributed by atoms with E-state index >= 15 is 0 Å². The highest BCUT2D eigenvalue weighted by atomic mass is 16.2. The Kier molecular flexibility index (Phi) is 3.76. The molecule has 0 aromatic carbocycles. The molecule has 2 saturated carbocycles. The molecule has 3 atom stereocenters. The number of hydrogen-bond donors (Lipinski definition) is 2. The first-order valence-electron chi connectivity index (χ1n) is 7.08. The number of nitrogens with one attached hydrogen (secondary N) is 1. The van der Waals surface area contributed by atoms with Crippen molar-refractivity contribution < 1.29 is 4.79 Å². The van der Waals surface area contributed by atoms with E-state index in [0.717, 1.165) is 25.7 Å². The molecule has 0 heterocycles. The van der Waals surface area contributed by atoms with Gasteiger partial charge in [-0.1, -0.05) is 13.3 Å². The molecule has 17 heavy (non-hydrogen) atoms. The SMILES string of the molecule is CC(C(=O)NC1(C)CCC1)C1CCCC(N)C1. The Hall–Kier alpha value is -0.570. The maximum absolute atomic E-state index is 12.2. The van der Waals surface area contributed by atoms with Crippen LogP contribution in [0, 0.1) is 11.8 Å². The second kappa shape index (κ2) is 4.97. The summed E-state index contributed by atoms with van der Waals surface area (Å²) in [5.74, 6) is 0.854. The van der Waals surface area contributed by atoms with Crippen molar-refractivity contribution in [1.29, 1.82) is 0 Å². The molecule has 2 fully saturated rings. The Morgan fingerprint density at radius 1 is 1.35 bits per heavy atom. The van der Waals surface area contributed by atoms with Crippen molar-refractivity contribution in [3.05, 3.63) is 0 Å². The molecule has 3 heteroatoms. The van der Waals surface area contributed by atoms with Gasteiger partial charge in [0.15, 0.2) is 0 Å². The van der Waals surface area contributed by atoms with E-state index in [1.54, 1.807) is 0 Å². The fraction of sp³-hybridized carbons (Fsp3) is 0.929. The second-order valence-corrected chi connectivity index (χ2v) is 6.38. The number of nitrogens with two attached hydrogens (primary N) is 1. The first-order chi connectivity index (χ1) is 8.00. The molecule has 0 saturated heterocycles. The van der Waals surface area contributed by atoms with Crippen LogP contribution < -0.4 is 11.1 Å². The summed E-state index contributed by atoms with van der Waals surface area (Å²) < 4.78 is 0. The largest absolute Gasteiger partial charge is 0.351 e. The highest BCUT2D eigenvalue weighted by Gasteiger charge is 2.36. The fourth-order valence-corrected chi connectivity index (χ4v) is 3.18. The molecule has 98 valence electrons. The van der Waals surface area contributed by atoms with Crippen LogP contribution in [0.1, 0.15) is 58.8 Å². The molecule has 2 rings (SSSR count). The first-order valence-corrected chi connectivity index (χ1v) is 7.08. The number of carbonyl (C=O) groups excluding carboxylic acids is 1. The predicted octanol–water partition coefficient (Wildman–Crippen LogP) is 2.20. The van der Waals surface area contributed by atoms with Crippen molar-refractivity contribution >= 4 is 5.91 Å². The van der Waals surface area contributed by atoms with Crippen LogP contribution in [0.25, 0.3) is 0 Å². The van der Waals surface area contributed by atoms with Crippen LogP contribution in [0.4, 0.5) is 0 Å². The van der Waals surface area contributed by atoms with Gasteiger partial charge in [-0.05, 0) is 51.4 Å². The lowest BCUT2D eigenvalue weighted by atomic mass is 9.76. The summed E-state index contributed by atoms with van der Waals surface area (Å²) in [6.07, 6.45) is 8.01. The van der Waals surface area contributed by atoms with Gasteiger partial charge in [0.05, 0.1) is 0 Å². The summed E-state index contributed by atoms with van der Waals surface area (Å²) in [6.45, 7) is 4.23. The second-order valence-electron chi connectivity index (χ2n) is 6.38. The third-order valence-corrected chi connectivity index (χ3v) is 4.76. The fourth-order valence-electron chi connectivity index (χ4n) is 3.18. The maximum atomic E-state index is 12.2. The topological polar surface area (TPSA) is 55.1 Å². The molecule has 0 bridgehead atoms. The summed E-state index contributed by atoms with van der Waals surface area (Å²) in [5, 5.41) is 3.22. The van der Waals surface area contributed by atoms with Gasteiger partial charge in [0.1, 0.15) is 0 Å². The van der Waals surface area contributed by atoms with Crippen LogP contribution in [-0.2, 0) is 4.79 Å². The van der Waals surface area contributed by atoms with Gasteiger partial charge in [-0.3, -0.25) is 4.79 Å². The smallest absolute Gasteiger partial charge is 0.223 e. The molecule has 1 amide bonds. The Labute approximate surface area is 105 Å². The summed E-state index contributed by atoms with van der Waals surface area (Å²) in [7, 11) is 0. The molecule has 0 spiro atoms. The standard InChI is InChI=1S/C14H26N2O/c1-10(11-5-3-6-12(15)9-11)13(17)16-14(2)7-4-8-14/h10-12H,3-9,15H2,1-2H3,(H,16,17). The molecule has 3 nitrogen and oxygen atoms in total. The molecule has 2 aliphatic carbocycles. The van der Waals surface area contributed by atoms with Crippen molar-refractivity contribution in [3.63, 3.8) is 0 Å². The maximum Gasteiger partial charge on any atom is 0.223 e. The van der Waals surface area contributed by atoms with Gasteiger partial charge >= 0.3 is 0 Å². The highest BCUT2D eigenvalue weighted by molar-refractivity contribution is 5.79. The normalized spacial score (nSPS) is 33.6. The Morgan fingerprint density at radius 2 is 2.06 bits per heavy atom. The van der Waals surface area contributed by atoms with Crippen molar-refractivity contribution in [2.45, 2.75) is 70.4 Å². The lowest BCUT2D eigenvalue weighted by Crippen LogP contribution is -2.53. The van der Waals surface area contributed by atoms with Gasteiger partial charge in [-0.15, -0.1) is 0 Å². The summed E-state index contributed by atoms with van der Waals surface area (Å²) >= 11 is 0. The average Bonchev–Trinajstić information content (AvgIpc) is 2.26. The van der Waals surface area contributed by atoms with Crippen LogP contribution in [0.5, 0.6) is 0 Å². The van der Waals surface area contributed by atoms with E-state index in [-0.39, 0.29) is 17.4 Å². The van der Waals surface area contributed by atoms with Crippen molar-refractivity contribution in [2.24, 2.45) is 17.6 Å². The van der Waals surface area contributed by atoms with Crippen LogP contribution in [0.3, 0.4) is 0 Å². The van der Waals surface area contributed by atoms with E-state index in [0.29, 0.717) is 12.0 Å². The third-order valence-electron chi connectivity index (χ3n) is 4.76. The van der Waals surface area contributed by atoms with Crippen molar-refractivity contribution in [2.75, 3.05) is 0 Å². The third kappa shape index (κ3) is 3.01. The lowest BCUT2D eigenvalue weighted by Gasteiger charge is -2.41. The lowest BCUT2D eigenvalue weighted by molar-refractivity contribution is -0.129. The van der Waals surface area contributed by atoms with Crippen LogP contribution in [0.2, 0.25) is 0 Å². The minimum atomic E-state index is 0.0854. The van der Waals surface area contributed by atoms with E-state index < -0.39 is 0 Å². The molecule has 0 aromatic rings. The van der Waals surface area contributed by atoms with Crippen LogP contribution in [0.15, 0.2) is 0 Å². The summed E-state index contributed by atoms with van der Waals surface area (Å²) in [6, 6.07) is 0.309. The van der Waals surface area contributed by atoms with E-state index in [1.807, 2.05) is 0 Å². The number of rotatable bonds is 3. The highest BCUT2D eigenvalue weighted by Crippen LogP contribution is 2.33. The Bertz CT molecular complexity index is 286. The molecular weight excluding hydrogens is 212 g/mol. The summed E-state index contributed by atoms with van der Waals surface area (Å²) in [5.41, 5.74) is 6.08. The zero-order valence-electron chi connectivity index (χ0n) is 11.2. The van der Waals surface area contributed by atoms with Gasteiger partial charge in [0, 0.05) is 17.5 Å². The Morgan fingerprint density at radius 3 is 2.59 bits per heavy atom. The van der Waals surface area contributed by atoms with Gasteiger partial charge in [-0.2, -0.15) is 0 Å². The predicted molar refractivity (Wildman–Crippen MR) is 69.5 cm³/mol. The molecular formula is C14H26N2O. The van der Waals surface area contributed by atoms with Crippen molar-refractivity contribution in [1.82, 2.24) is 5.32 Å². The zero-order chi connectivity index (χ0) is 12.5. The minimum Gasteiger partial charge on any atom is -0.351 e. The van der Waals surface area contributed by atoms with Gasteiger partial charge in [-0.25, -0.2) is 0 Å². The molecule has 3 unspecified atom stereocenters. The molecule has 0 radical (unpaired) electrons. The number of hydrogen-bond acceptors (Lipinski definition) is 2. The van der Waals surface area contributed by atoms with Gasteiger partial charge in [0.25, 0.3) is 0 Å². The monoisotopic (exact) mass is 238 g/mol. The molecule has 0 aliphatic heterocycles. The number of carbonyl (C=O) groups is 1. The van der Waals surface area contributed by atoms with E-state index in [9.17, 15) is 4.79 Å². The van der Waals surface area contributed by atoms with Gasteiger partial charge in [0.2, 0.25) is 5.91 Å². The average molecular weight is 238 g/mol. The summed E-state index contributed by atoms with van der Waals surface area (Å²) in [4.78, 5) is 12.2. The van der Waals surface area contributed by atoms with E-state index in [2.05, 4.69) is 19.2 Å². The van der Waals surface area contributed by atoms with E-state index in [4.69, 9.17) is 5.73 Å². The van der Waals surface area contributed by atoms with Crippen LogP contribution in [-0.4, -0.2) is 17.5 Å². The molecule has 2 aliphatic rings. The first kappa shape index (κ1) is 12.9.